The average Bonchev–Trinajstić information content (AvgIpc) is 2.84. The molecule has 0 bridgehead atoms. The van der Waals surface area contributed by atoms with Gasteiger partial charge in [0.25, 0.3) is 0 Å². The smallest absolute Gasteiger partial charge is 0.0935 e. The van der Waals surface area contributed by atoms with Crippen LogP contribution in [0.3, 0.4) is 0 Å². The first-order chi connectivity index (χ1) is 7.22. The Bertz CT molecular complexity index is 447. The van der Waals surface area contributed by atoms with E-state index in [1.807, 2.05) is 24.4 Å². The number of nitrogens with zero attached hydrogens (tertiary/aromatic N) is 2. The summed E-state index contributed by atoms with van der Waals surface area (Å²) in [5, 5.41) is 4.35. The summed E-state index contributed by atoms with van der Waals surface area (Å²) in [5.74, 6) is 0. The van der Waals surface area contributed by atoms with Gasteiger partial charge in [-0.05, 0) is 31.5 Å². The molecule has 2 nitrogen and oxygen atoms in total. The molecule has 0 aliphatic heterocycles. The lowest BCUT2D eigenvalue weighted by Crippen LogP contribution is -2.06. The summed E-state index contributed by atoms with van der Waals surface area (Å²) in [6.45, 7) is 4.34. The molecule has 2 rings (SSSR count). The molecule has 0 aliphatic rings. The molecule has 4 heteroatoms. The second kappa shape index (κ2) is 4.37. The molecule has 0 aromatic carbocycles. The maximum atomic E-state index is 5.93. The molecule has 0 fully saturated rings. The highest BCUT2D eigenvalue weighted by Crippen LogP contribution is 2.32. The molecule has 80 valence electrons. The third-order valence-corrected chi connectivity index (χ3v) is 3.76. The molecule has 0 aliphatic carbocycles. The van der Waals surface area contributed by atoms with Crippen molar-refractivity contribution in [3.05, 3.63) is 28.7 Å². The third-order valence-electron chi connectivity index (χ3n) is 2.50. The summed E-state index contributed by atoms with van der Waals surface area (Å²) in [6, 6.07) is 6.43. The minimum atomic E-state index is 0.427. The van der Waals surface area contributed by atoms with Gasteiger partial charge in [0.05, 0.1) is 14.9 Å². The summed E-state index contributed by atoms with van der Waals surface area (Å²) < 4.78 is 2.88. The van der Waals surface area contributed by atoms with Gasteiger partial charge in [0, 0.05) is 12.2 Å². The molecular weight excluding hydrogens is 228 g/mol. The second-order valence-electron chi connectivity index (χ2n) is 3.52. The molecule has 0 saturated heterocycles. The first-order valence-electron chi connectivity index (χ1n) is 5.01. The van der Waals surface area contributed by atoms with E-state index in [2.05, 4.69) is 23.6 Å². The van der Waals surface area contributed by atoms with Crippen LogP contribution >= 0.6 is 22.9 Å². The largest absolute Gasteiger partial charge is 0.261 e. The molecule has 2 heterocycles. The highest BCUT2D eigenvalue weighted by atomic mass is 35.5. The van der Waals surface area contributed by atoms with E-state index >= 15 is 0 Å². The Hall–Kier alpha value is -0.800. The molecule has 15 heavy (non-hydrogen) atoms. The second-order valence-corrected chi connectivity index (χ2v) is 5.24. The van der Waals surface area contributed by atoms with Crippen molar-refractivity contribution >= 4 is 22.9 Å². The van der Waals surface area contributed by atoms with E-state index in [-0.39, 0.29) is 0 Å². The van der Waals surface area contributed by atoms with Gasteiger partial charge in [-0.15, -0.1) is 11.3 Å². The Labute approximate surface area is 98.5 Å². The molecule has 2 aromatic rings. The lowest BCUT2D eigenvalue weighted by molar-refractivity contribution is 0.483. The fraction of sp³-hybridized carbons (Fsp3) is 0.364. The minimum Gasteiger partial charge on any atom is -0.261 e. The quantitative estimate of drug-likeness (QED) is 0.785. The van der Waals surface area contributed by atoms with Gasteiger partial charge in [0.15, 0.2) is 0 Å². The van der Waals surface area contributed by atoms with Crippen molar-refractivity contribution in [1.29, 1.82) is 0 Å². The molecule has 0 saturated carbocycles. The van der Waals surface area contributed by atoms with E-state index in [0.717, 1.165) is 16.5 Å². The molecule has 0 N–H and O–H groups in total. The Morgan fingerprint density at radius 2 is 2.27 bits per heavy atom. The molecule has 1 atom stereocenters. The molecule has 0 amide bonds. The van der Waals surface area contributed by atoms with Gasteiger partial charge >= 0.3 is 0 Å². The third kappa shape index (κ3) is 2.08. The van der Waals surface area contributed by atoms with E-state index in [4.69, 9.17) is 11.6 Å². The fourth-order valence-electron chi connectivity index (χ4n) is 1.49. The Kier molecular flexibility index (Phi) is 3.12. The monoisotopic (exact) mass is 240 g/mol. The van der Waals surface area contributed by atoms with Crippen molar-refractivity contribution in [2.45, 2.75) is 26.3 Å². The average molecular weight is 241 g/mol. The van der Waals surface area contributed by atoms with Crippen LogP contribution in [0.5, 0.6) is 0 Å². The van der Waals surface area contributed by atoms with Crippen molar-refractivity contribution < 1.29 is 0 Å². The van der Waals surface area contributed by atoms with Crippen LogP contribution in [0, 0.1) is 0 Å². The maximum Gasteiger partial charge on any atom is 0.0935 e. The highest BCUT2D eigenvalue weighted by Gasteiger charge is 2.11. The Morgan fingerprint density at radius 1 is 1.47 bits per heavy atom. The zero-order valence-corrected chi connectivity index (χ0v) is 10.3. The fourth-order valence-corrected chi connectivity index (χ4v) is 2.55. The lowest BCUT2D eigenvalue weighted by atomic mass is 10.2. The van der Waals surface area contributed by atoms with Crippen LogP contribution in [0.1, 0.15) is 26.3 Å². The van der Waals surface area contributed by atoms with Crippen LogP contribution in [0.15, 0.2) is 24.4 Å². The van der Waals surface area contributed by atoms with E-state index < -0.39 is 0 Å². The van der Waals surface area contributed by atoms with Gasteiger partial charge in [-0.3, -0.25) is 4.68 Å². The van der Waals surface area contributed by atoms with Gasteiger partial charge in [-0.1, -0.05) is 18.5 Å². The predicted octanol–water partition coefficient (Wildman–Crippen LogP) is 4.24. The SMILES string of the molecule is CCC(C)n1nccc1-c1ccc(Cl)s1. The van der Waals surface area contributed by atoms with E-state index in [9.17, 15) is 0 Å². The molecule has 2 aromatic heterocycles. The topological polar surface area (TPSA) is 17.8 Å². The summed E-state index contributed by atoms with van der Waals surface area (Å²) in [4.78, 5) is 1.18. The van der Waals surface area contributed by atoms with Crippen LogP contribution in [0.25, 0.3) is 10.6 Å². The molecule has 1 unspecified atom stereocenters. The van der Waals surface area contributed by atoms with Crippen molar-refractivity contribution in [3.63, 3.8) is 0 Å². The number of hydrogen-bond acceptors (Lipinski definition) is 2. The molecular formula is C11H13ClN2S. The van der Waals surface area contributed by atoms with Gasteiger partial charge in [-0.25, -0.2) is 0 Å². The van der Waals surface area contributed by atoms with Gasteiger partial charge in [-0.2, -0.15) is 5.10 Å². The molecule has 0 radical (unpaired) electrons. The van der Waals surface area contributed by atoms with Crippen LogP contribution in [0.4, 0.5) is 0 Å². The van der Waals surface area contributed by atoms with Crippen molar-refractivity contribution in [1.82, 2.24) is 9.78 Å². The van der Waals surface area contributed by atoms with Crippen LogP contribution in [0.2, 0.25) is 4.34 Å². The van der Waals surface area contributed by atoms with Crippen molar-refractivity contribution in [3.8, 4) is 10.6 Å². The zero-order chi connectivity index (χ0) is 10.8. The van der Waals surface area contributed by atoms with Crippen LogP contribution in [-0.2, 0) is 0 Å². The van der Waals surface area contributed by atoms with Gasteiger partial charge in [0.2, 0.25) is 0 Å². The van der Waals surface area contributed by atoms with E-state index in [1.54, 1.807) is 11.3 Å². The lowest BCUT2D eigenvalue weighted by Gasteiger charge is -2.12. The van der Waals surface area contributed by atoms with Crippen molar-refractivity contribution in [2.24, 2.45) is 0 Å². The first kappa shape index (κ1) is 10.7. The van der Waals surface area contributed by atoms with Crippen LogP contribution in [-0.4, -0.2) is 9.78 Å². The van der Waals surface area contributed by atoms with E-state index in [1.165, 1.54) is 4.88 Å². The Morgan fingerprint density at radius 3 is 2.87 bits per heavy atom. The first-order valence-corrected chi connectivity index (χ1v) is 6.21. The maximum absolute atomic E-state index is 5.93. The number of aromatic nitrogens is 2. The number of rotatable bonds is 3. The standard InChI is InChI=1S/C11H13ClN2S/c1-3-8(2)14-9(6-7-13-14)10-4-5-11(12)15-10/h4-8H,3H2,1-2H3. The number of halogens is 1. The van der Waals surface area contributed by atoms with Crippen molar-refractivity contribution in [2.75, 3.05) is 0 Å². The summed E-state index contributed by atoms with van der Waals surface area (Å²) in [7, 11) is 0. The molecule has 0 spiro atoms. The predicted molar refractivity (Wildman–Crippen MR) is 65.6 cm³/mol. The van der Waals surface area contributed by atoms with E-state index in [0.29, 0.717) is 6.04 Å². The summed E-state index contributed by atoms with van der Waals surface area (Å²) >= 11 is 7.52. The van der Waals surface area contributed by atoms with Crippen LogP contribution < -0.4 is 0 Å². The van der Waals surface area contributed by atoms with Gasteiger partial charge < -0.3 is 0 Å². The zero-order valence-electron chi connectivity index (χ0n) is 8.77. The Balaban J connectivity index is 2.40. The summed E-state index contributed by atoms with van der Waals surface area (Å²) in [5.41, 5.74) is 1.15. The minimum absolute atomic E-state index is 0.427. The van der Waals surface area contributed by atoms with Gasteiger partial charge in [0.1, 0.15) is 0 Å². The highest BCUT2D eigenvalue weighted by molar-refractivity contribution is 7.19. The normalized spacial score (nSPS) is 13.0. The number of hydrogen-bond donors (Lipinski definition) is 0. The number of thiophene rings is 1. The summed E-state index contributed by atoms with van der Waals surface area (Å²) in [6.07, 6.45) is 2.92.